The average Bonchev–Trinajstić information content (AvgIpc) is 2.46. The highest BCUT2D eigenvalue weighted by atomic mass is 16.5. The van der Waals surface area contributed by atoms with Crippen molar-refractivity contribution in [2.45, 2.75) is 46.1 Å². The molecule has 6 heteroatoms. The van der Waals surface area contributed by atoms with Crippen molar-refractivity contribution in [3.63, 3.8) is 0 Å². The summed E-state index contributed by atoms with van der Waals surface area (Å²) in [6.07, 6.45) is 1.78. The van der Waals surface area contributed by atoms with E-state index in [9.17, 15) is 0 Å². The number of morpholine rings is 1. The molecule has 0 saturated carbocycles. The molecule has 0 atom stereocenters. The van der Waals surface area contributed by atoms with Gasteiger partial charge < -0.3 is 10.1 Å². The third kappa shape index (κ3) is 4.61. The molecule has 1 N–H and O–H groups in total. The van der Waals surface area contributed by atoms with Gasteiger partial charge in [0.1, 0.15) is 0 Å². The van der Waals surface area contributed by atoms with Gasteiger partial charge in [-0.15, -0.1) is 5.10 Å². The van der Waals surface area contributed by atoms with Crippen LogP contribution in [0, 0.1) is 0 Å². The van der Waals surface area contributed by atoms with Crippen molar-refractivity contribution >= 4 is 5.95 Å². The third-order valence-electron chi connectivity index (χ3n) is 3.73. The van der Waals surface area contributed by atoms with E-state index in [0.717, 1.165) is 57.0 Å². The van der Waals surface area contributed by atoms with Crippen molar-refractivity contribution in [1.82, 2.24) is 20.1 Å². The van der Waals surface area contributed by atoms with E-state index in [0.29, 0.717) is 5.95 Å². The highest BCUT2D eigenvalue weighted by Gasteiger charge is 2.26. The van der Waals surface area contributed by atoms with Crippen molar-refractivity contribution < 1.29 is 4.74 Å². The molecule has 2 heterocycles. The highest BCUT2D eigenvalue weighted by Crippen LogP contribution is 2.15. The molecule has 1 aliphatic heterocycles. The van der Waals surface area contributed by atoms with Gasteiger partial charge >= 0.3 is 0 Å². The summed E-state index contributed by atoms with van der Waals surface area (Å²) in [5, 5.41) is 11.7. The van der Waals surface area contributed by atoms with E-state index in [4.69, 9.17) is 4.74 Å². The second kappa shape index (κ2) is 7.13. The molecule has 1 fully saturated rings. The average molecular weight is 293 g/mol. The fourth-order valence-corrected chi connectivity index (χ4v) is 2.64. The lowest BCUT2D eigenvalue weighted by Gasteiger charge is -2.38. The molecule has 0 amide bonds. The first-order valence-corrected chi connectivity index (χ1v) is 7.86. The normalized spacial score (nSPS) is 18.7. The number of hydrogen-bond acceptors (Lipinski definition) is 6. The van der Waals surface area contributed by atoms with E-state index in [-0.39, 0.29) is 5.60 Å². The number of rotatable bonds is 6. The summed E-state index contributed by atoms with van der Waals surface area (Å²) in [5.41, 5.74) is 1.99. The second-order valence-electron chi connectivity index (χ2n) is 6.05. The summed E-state index contributed by atoms with van der Waals surface area (Å²) in [4.78, 5) is 6.95. The number of aryl methyl sites for hydroxylation is 2. The van der Waals surface area contributed by atoms with E-state index in [1.807, 2.05) is 0 Å². The van der Waals surface area contributed by atoms with Crippen molar-refractivity contribution in [1.29, 1.82) is 0 Å². The molecule has 0 spiro atoms. The van der Waals surface area contributed by atoms with Gasteiger partial charge in [-0.05, 0) is 26.7 Å². The second-order valence-corrected chi connectivity index (χ2v) is 6.05. The Morgan fingerprint density at radius 1 is 1.19 bits per heavy atom. The number of anilines is 1. The molecule has 1 aromatic heterocycles. The zero-order chi connectivity index (χ0) is 15.3. The predicted molar refractivity (Wildman–Crippen MR) is 83.5 cm³/mol. The maximum absolute atomic E-state index is 5.72. The highest BCUT2D eigenvalue weighted by molar-refractivity contribution is 5.25. The van der Waals surface area contributed by atoms with Crippen molar-refractivity contribution in [3.05, 3.63) is 11.4 Å². The van der Waals surface area contributed by atoms with Crippen LogP contribution in [0.3, 0.4) is 0 Å². The number of ether oxygens (including phenoxy) is 1. The Morgan fingerprint density at radius 2 is 1.95 bits per heavy atom. The Kier molecular flexibility index (Phi) is 5.47. The summed E-state index contributed by atoms with van der Waals surface area (Å²) in [6.45, 7) is 13.0. The minimum Gasteiger partial charge on any atom is -0.373 e. The van der Waals surface area contributed by atoms with Gasteiger partial charge in [0, 0.05) is 26.2 Å². The predicted octanol–water partition coefficient (Wildman–Crippen LogP) is 1.52. The van der Waals surface area contributed by atoms with Crippen molar-refractivity contribution in [3.8, 4) is 0 Å². The van der Waals surface area contributed by atoms with Gasteiger partial charge in [-0.2, -0.15) is 5.10 Å². The van der Waals surface area contributed by atoms with Crippen LogP contribution >= 0.6 is 0 Å². The zero-order valence-electron chi connectivity index (χ0n) is 13.6. The number of nitrogens with one attached hydrogen (secondary N) is 1. The SMILES string of the molecule is CCc1nnc(NCCN2CCOC(C)(C)C2)nc1CC. The molecule has 2 rings (SSSR count). The standard InChI is InChI=1S/C15H27N5O/c1-5-12-13(6-2)18-19-14(17-12)16-7-8-20-9-10-21-15(3,4)11-20/h5-11H2,1-4H3,(H,16,17,19). The Morgan fingerprint density at radius 3 is 2.62 bits per heavy atom. The molecular formula is C15H27N5O. The van der Waals surface area contributed by atoms with E-state index in [1.165, 1.54) is 0 Å². The molecule has 6 nitrogen and oxygen atoms in total. The van der Waals surface area contributed by atoms with Gasteiger partial charge in [-0.1, -0.05) is 13.8 Å². The first-order chi connectivity index (χ1) is 10.0. The molecule has 1 saturated heterocycles. The Labute approximate surface area is 127 Å². The van der Waals surface area contributed by atoms with Gasteiger partial charge in [0.15, 0.2) is 0 Å². The van der Waals surface area contributed by atoms with E-state index >= 15 is 0 Å². The molecule has 0 bridgehead atoms. The van der Waals surface area contributed by atoms with Gasteiger partial charge in [-0.3, -0.25) is 4.90 Å². The van der Waals surface area contributed by atoms with E-state index in [2.05, 4.69) is 53.1 Å². The van der Waals surface area contributed by atoms with Crippen LogP contribution in [0.4, 0.5) is 5.95 Å². The van der Waals surface area contributed by atoms with Gasteiger partial charge in [0.2, 0.25) is 5.95 Å². The summed E-state index contributed by atoms with van der Waals surface area (Å²) in [7, 11) is 0. The fourth-order valence-electron chi connectivity index (χ4n) is 2.64. The van der Waals surface area contributed by atoms with Crippen molar-refractivity contribution in [2.75, 3.05) is 38.1 Å². The van der Waals surface area contributed by atoms with E-state index < -0.39 is 0 Å². The van der Waals surface area contributed by atoms with E-state index in [1.54, 1.807) is 0 Å². The molecule has 0 aromatic carbocycles. The summed E-state index contributed by atoms with van der Waals surface area (Å²) >= 11 is 0. The van der Waals surface area contributed by atoms with Crippen LogP contribution in [0.15, 0.2) is 0 Å². The Hall–Kier alpha value is -1.27. The number of hydrogen-bond donors (Lipinski definition) is 1. The third-order valence-corrected chi connectivity index (χ3v) is 3.73. The van der Waals surface area contributed by atoms with Crippen LogP contribution in [0.1, 0.15) is 39.1 Å². The minimum absolute atomic E-state index is 0.0472. The molecule has 21 heavy (non-hydrogen) atoms. The van der Waals surface area contributed by atoms with Crippen molar-refractivity contribution in [2.24, 2.45) is 0 Å². The summed E-state index contributed by atoms with van der Waals surface area (Å²) < 4.78 is 5.72. The van der Waals surface area contributed by atoms with Gasteiger partial charge in [-0.25, -0.2) is 4.98 Å². The molecule has 1 aliphatic rings. The lowest BCUT2D eigenvalue weighted by atomic mass is 10.1. The zero-order valence-corrected chi connectivity index (χ0v) is 13.6. The number of nitrogens with zero attached hydrogens (tertiary/aromatic N) is 4. The summed E-state index contributed by atoms with van der Waals surface area (Å²) in [6, 6.07) is 0. The van der Waals surface area contributed by atoms with Crippen LogP contribution < -0.4 is 5.32 Å². The molecular weight excluding hydrogens is 266 g/mol. The first kappa shape index (κ1) is 16.1. The molecule has 0 aliphatic carbocycles. The topological polar surface area (TPSA) is 63.2 Å². The maximum atomic E-state index is 5.72. The lowest BCUT2D eigenvalue weighted by molar-refractivity contribution is -0.0848. The minimum atomic E-state index is -0.0472. The van der Waals surface area contributed by atoms with Gasteiger partial charge in [0.25, 0.3) is 0 Å². The number of aromatic nitrogens is 3. The molecule has 118 valence electrons. The molecule has 0 unspecified atom stereocenters. The van der Waals surface area contributed by atoms with Crippen LogP contribution in [0.2, 0.25) is 0 Å². The Bertz CT molecular complexity index is 463. The maximum Gasteiger partial charge on any atom is 0.243 e. The first-order valence-electron chi connectivity index (χ1n) is 7.86. The summed E-state index contributed by atoms with van der Waals surface area (Å²) in [5.74, 6) is 0.636. The lowest BCUT2D eigenvalue weighted by Crippen LogP contribution is -2.49. The van der Waals surface area contributed by atoms with Crippen LogP contribution in [0.5, 0.6) is 0 Å². The van der Waals surface area contributed by atoms with Crippen LogP contribution in [-0.2, 0) is 17.6 Å². The van der Waals surface area contributed by atoms with Gasteiger partial charge in [0.05, 0.1) is 23.6 Å². The van der Waals surface area contributed by atoms with Crippen LogP contribution in [-0.4, -0.2) is 58.5 Å². The quantitative estimate of drug-likeness (QED) is 0.858. The monoisotopic (exact) mass is 293 g/mol. The molecule has 1 aromatic rings. The largest absolute Gasteiger partial charge is 0.373 e. The van der Waals surface area contributed by atoms with Crippen LogP contribution in [0.25, 0.3) is 0 Å². The fraction of sp³-hybridized carbons (Fsp3) is 0.800. The molecule has 0 radical (unpaired) electrons. The smallest absolute Gasteiger partial charge is 0.243 e. The Balaban J connectivity index is 1.83.